The summed E-state index contributed by atoms with van der Waals surface area (Å²) in [5, 5.41) is 0.789. The molecule has 2 nitrogen and oxygen atoms in total. The zero-order valence-electron chi connectivity index (χ0n) is 11.0. The number of hydrogen-bond acceptors (Lipinski definition) is 2. The summed E-state index contributed by atoms with van der Waals surface area (Å²) in [7, 11) is 0. The Morgan fingerprint density at radius 3 is 2.83 bits per heavy atom. The molecule has 0 amide bonds. The minimum Gasteiger partial charge on any atom is -0.372 e. The number of halogens is 1. The fourth-order valence-electron chi connectivity index (χ4n) is 2.48. The molecule has 18 heavy (non-hydrogen) atoms. The number of nitrogens with two attached hydrogens (primary N) is 1. The predicted octanol–water partition coefficient (Wildman–Crippen LogP) is 3.83. The number of rotatable bonds is 3. The van der Waals surface area contributed by atoms with Crippen molar-refractivity contribution in [1.29, 1.82) is 0 Å². The Morgan fingerprint density at radius 1 is 1.28 bits per heavy atom. The van der Waals surface area contributed by atoms with Gasteiger partial charge in [0.25, 0.3) is 0 Å². The number of benzene rings is 1. The second kappa shape index (κ2) is 6.55. The lowest BCUT2D eigenvalue weighted by atomic mass is 10.1. The topological polar surface area (TPSA) is 35.2 Å². The highest BCUT2D eigenvalue weighted by atomic mass is 35.5. The maximum atomic E-state index is 6.20. The zero-order valence-corrected chi connectivity index (χ0v) is 11.7. The van der Waals surface area contributed by atoms with E-state index >= 15 is 0 Å². The first kappa shape index (κ1) is 13.9. The Labute approximate surface area is 114 Å². The van der Waals surface area contributed by atoms with Crippen LogP contribution in [-0.2, 0) is 11.3 Å². The van der Waals surface area contributed by atoms with Crippen LogP contribution in [0.3, 0.4) is 0 Å². The second-order valence-electron chi connectivity index (χ2n) is 5.25. The van der Waals surface area contributed by atoms with Crippen LogP contribution in [-0.4, -0.2) is 12.1 Å². The molecule has 1 saturated carbocycles. The fraction of sp³-hybridized carbons (Fsp3) is 0.600. The normalized spacial score (nSPS) is 24.8. The molecule has 3 heteroatoms. The Kier molecular flexibility index (Phi) is 5.04. The molecule has 2 atom stereocenters. The summed E-state index contributed by atoms with van der Waals surface area (Å²) in [6, 6.07) is 6.27. The van der Waals surface area contributed by atoms with Gasteiger partial charge in [-0.2, -0.15) is 0 Å². The molecule has 2 rings (SSSR count). The van der Waals surface area contributed by atoms with Crippen molar-refractivity contribution in [2.75, 3.05) is 0 Å². The summed E-state index contributed by atoms with van der Waals surface area (Å²) < 4.78 is 5.97. The Morgan fingerprint density at radius 2 is 2.06 bits per heavy atom. The fourth-order valence-corrected chi connectivity index (χ4v) is 2.77. The van der Waals surface area contributed by atoms with E-state index in [0.29, 0.717) is 6.61 Å². The van der Waals surface area contributed by atoms with Gasteiger partial charge in [-0.1, -0.05) is 43.0 Å². The van der Waals surface area contributed by atoms with Crippen molar-refractivity contribution in [3.63, 3.8) is 0 Å². The maximum absolute atomic E-state index is 6.20. The molecule has 0 heterocycles. The van der Waals surface area contributed by atoms with Gasteiger partial charge in [-0.05, 0) is 37.0 Å². The summed E-state index contributed by atoms with van der Waals surface area (Å²) in [6.07, 6.45) is 6.06. The average Bonchev–Trinajstić information content (AvgIpc) is 2.53. The van der Waals surface area contributed by atoms with Crippen molar-refractivity contribution in [1.82, 2.24) is 0 Å². The van der Waals surface area contributed by atoms with Gasteiger partial charge < -0.3 is 10.5 Å². The molecule has 0 aliphatic heterocycles. The summed E-state index contributed by atoms with van der Waals surface area (Å²) in [6.45, 7) is 2.61. The third-order valence-corrected chi connectivity index (χ3v) is 4.02. The summed E-state index contributed by atoms with van der Waals surface area (Å²) in [5.74, 6) is 0. The second-order valence-corrected chi connectivity index (χ2v) is 5.65. The molecule has 0 saturated heterocycles. The lowest BCUT2D eigenvalue weighted by molar-refractivity contribution is 0.0195. The van der Waals surface area contributed by atoms with Crippen molar-refractivity contribution in [3.05, 3.63) is 34.3 Å². The molecule has 1 aliphatic carbocycles. The van der Waals surface area contributed by atoms with Crippen LogP contribution < -0.4 is 5.73 Å². The minimum absolute atomic E-state index is 0.178. The van der Waals surface area contributed by atoms with E-state index in [4.69, 9.17) is 22.1 Å². The lowest BCUT2D eigenvalue weighted by Crippen LogP contribution is -2.35. The molecule has 1 aliphatic rings. The van der Waals surface area contributed by atoms with E-state index in [2.05, 4.69) is 6.07 Å². The van der Waals surface area contributed by atoms with Crippen LogP contribution in [0.2, 0.25) is 5.02 Å². The van der Waals surface area contributed by atoms with Crippen LogP contribution in [0.25, 0.3) is 0 Å². The molecule has 2 N–H and O–H groups in total. The summed E-state index contributed by atoms with van der Waals surface area (Å²) >= 11 is 6.20. The van der Waals surface area contributed by atoms with Crippen LogP contribution in [0.4, 0.5) is 0 Å². The van der Waals surface area contributed by atoms with Crippen LogP contribution in [0.15, 0.2) is 18.2 Å². The van der Waals surface area contributed by atoms with Crippen molar-refractivity contribution in [3.8, 4) is 0 Å². The lowest BCUT2D eigenvalue weighted by Gasteiger charge is -2.22. The molecule has 0 spiro atoms. The maximum Gasteiger partial charge on any atom is 0.0735 e. The Hall–Kier alpha value is -0.570. The van der Waals surface area contributed by atoms with E-state index < -0.39 is 0 Å². The first-order chi connectivity index (χ1) is 8.66. The first-order valence-electron chi connectivity index (χ1n) is 6.79. The predicted molar refractivity (Wildman–Crippen MR) is 75.8 cm³/mol. The van der Waals surface area contributed by atoms with Gasteiger partial charge in [-0.15, -0.1) is 0 Å². The quantitative estimate of drug-likeness (QED) is 0.845. The van der Waals surface area contributed by atoms with E-state index in [0.717, 1.165) is 23.4 Å². The highest BCUT2D eigenvalue weighted by molar-refractivity contribution is 6.31. The molecule has 100 valence electrons. The van der Waals surface area contributed by atoms with Gasteiger partial charge in [0.1, 0.15) is 0 Å². The zero-order chi connectivity index (χ0) is 13.0. The van der Waals surface area contributed by atoms with Crippen LogP contribution >= 0.6 is 11.6 Å². The third kappa shape index (κ3) is 3.71. The van der Waals surface area contributed by atoms with Crippen molar-refractivity contribution in [2.45, 2.75) is 57.8 Å². The van der Waals surface area contributed by atoms with Crippen molar-refractivity contribution < 1.29 is 4.74 Å². The molecule has 0 radical (unpaired) electrons. The Balaban J connectivity index is 1.93. The molecule has 1 fully saturated rings. The van der Waals surface area contributed by atoms with E-state index in [-0.39, 0.29) is 12.1 Å². The van der Waals surface area contributed by atoms with Gasteiger partial charge in [0.05, 0.1) is 12.7 Å². The number of ether oxygens (including phenoxy) is 1. The average molecular weight is 268 g/mol. The van der Waals surface area contributed by atoms with Gasteiger partial charge in [0.15, 0.2) is 0 Å². The highest BCUT2D eigenvalue weighted by Gasteiger charge is 2.21. The molecular weight excluding hydrogens is 246 g/mol. The minimum atomic E-state index is 0.178. The van der Waals surface area contributed by atoms with Gasteiger partial charge in [-0.25, -0.2) is 0 Å². The van der Waals surface area contributed by atoms with E-state index in [1.165, 1.54) is 24.8 Å². The largest absolute Gasteiger partial charge is 0.372 e. The van der Waals surface area contributed by atoms with Crippen LogP contribution in [0.1, 0.15) is 43.2 Å². The monoisotopic (exact) mass is 267 g/mol. The molecule has 0 bridgehead atoms. The van der Waals surface area contributed by atoms with Gasteiger partial charge in [-0.3, -0.25) is 0 Å². The van der Waals surface area contributed by atoms with Gasteiger partial charge in [0.2, 0.25) is 0 Å². The number of aryl methyl sites for hydroxylation is 1. The summed E-state index contributed by atoms with van der Waals surface area (Å²) in [4.78, 5) is 0. The van der Waals surface area contributed by atoms with Gasteiger partial charge >= 0.3 is 0 Å². The first-order valence-corrected chi connectivity index (χ1v) is 7.17. The molecule has 2 unspecified atom stereocenters. The van der Waals surface area contributed by atoms with E-state index in [1.54, 1.807) is 0 Å². The third-order valence-electron chi connectivity index (χ3n) is 3.67. The SMILES string of the molecule is Cc1ccc(COC2CCCCCC2N)c(Cl)c1. The van der Waals surface area contributed by atoms with Crippen molar-refractivity contribution >= 4 is 11.6 Å². The van der Waals surface area contributed by atoms with Crippen LogP contribution in [0, 0.1) is 6.92 Å². The molecule has 1 aromatic rings. The molecule has 1 aromatic carbocycles. The van der Waals surface area contributed by atoms with Crippen molar-refractivity contribution in [2.24, 2.45) is 5.73 Å². The van der Waals surface area contributed by atoms with E-state index in [9.17, 15) is 0 Å². The standard InChI is InChI=1S/C15H22ClNO/c1-11-7-8-12(13(16)9-11)10-18-15-6-4-2-3-5-14(15)17/h7-9,14-15H,2-6,10,17H2,1H3. The summed E-state index contributed by atoms with van der Waals surface area (Å²) in [5.41, 5.74) is 8.38. The van der Waals surface area contributed by atoms with Crippen LogP contribution in [0.5, 0.6) is 0 Å². The smallest absolute Gasteiger partial charge is 0.0735 e. The molecule has 0 aromatic heterocycles. The van der Waals surface area contributed by atoms with Gasteiger partial charge in [0, 0.05) is 11.1 Å². The highest BCUT2D eigenvalue weighted by Crippen LogP contribution is 2.23. The molecular formula is C15H22ClNO. The van der Waals surface area contributed by atoms with E-state index in [1.807, 2.05) is 19.1 Å². The Bertz CT molecular complexity index is 394. The number of hydrogen-bond donors (Lipinski definition) is 1.